The van der Waals surface area contributed by atoms with Gasteiger partial charge in [0, 0.05) is 5.69 Å². The van der Waals surface area contributed by atoms with Crippen molar-refractivity contribution in [3.63, 3.8) is 0 Å². The fourth-order valence-corrected chi connectivity index (χ4v) is 4.65. The van der Waals surface area contributed by atoms with Crippen LogP contribution in [0.2, 0.25) is 0 Å². The molecule has 2 aromatic rings. The molecule has 1 amide bonds. The third-order valence-electron chi connectivity index (χ3n) is 5.35. The number of carbonyl (C=O) groups excluding carboxylic acids is 2. The van der Waals surface area contributed by atoms with E-state index in [1.807, 2.05) is 31.2 Å². The Bertz CT molecular complexity index is 818. The molecule has 7 heteroatoms. The predicted molar refractivity (Wildman–Crippen MR) is 97.8 cm³/mol. The maximum absolute atomic E-state index is 12.3. The molecule has 136 valence electrons. The minimum Gasteiger partial charge on any atom is -0.458 e. The highest BCUT2D eigenvalue weighted by atomic mass is 32.1. The molecule has 2 aliphatic carbocycles. The van der Waals surface area contributed by atoms with Crippen molar-refractivity contribution in [2.75, 3.05) is 5.32 Å². The standard InChI is InChI=1S/C19H21N3O3S/c1-11-2-6-14(7-3-11)20-17(23)18-22-21-16(26-18)10-25-19(24)15-9-12-4-5-13(15)8-12/h2-3,6-7,12-13,15H,4-5,8-10H2,1H3,(H,20,23)/t12-,13-,15+/m0/s1. The van der Waals surface area contributed by atoms with E-state index in [0.717, 1.165) is 29.7 Å². The highest BCUT2D eigenvalue weighted by molar-refractivity contribution is 7.13. The normalized spacial score (nSPS) is 23.8. The SMILES string of the molecule is Cc1ccc(NC(=O)c2nnc(COC(=O)[C@@H]3C[C@H]4CC[C@H]3C4)s2)cc1. The molecule has 2 aliphatic rings. The summed E-state index contributed by atoms with van der Waals surface area (Å²) >= 11 is 1.15. The number of carbonyl (C=O) groups is 2. The average Bonchev–Trinajstić information content (AvgIpc) is 3.38. The van der Waals surface area contributed by atoms with Crippen LogP contribution in [-0.2, 0) is 16.1 Å². The van der Waals surface area contributed by atoms with E-state index in [1.165, 1.54) is 12.8 Å². The summed E-state index contributed by atoms with van der Waals surface area (Å²) in [5.41, 5.74) is 1.83. The Hall–Kier alpha value is -2.28. The maximum Gasteiger partial charge on any atom is 0.309 e. The van der Waals surface area contributed by atoms with E-state index in [-0.39, 0.29) is 29.4 Å². The topological polar surface area (TPSA) is 81.2 Å². The second-order valence-corrected chi connectivity index (χ2v) is 8.27. The number of hydrogen-bond donors (Lipinski definition) is 1. The van der Waals surface area contributed by atoms with E-state index in [1.54, 1.807) is 0 Å². The summed E-state index contributed by atoms with van der Waals surface area (Å²) in [6, 6.07) is 7.53. The molecule has 2 saturated carbocycles. The number of nitrogens with zero attached hydrogens (tertiary/aromatic N) is 2. The lowest BCUT2D eigenvalue weighted by molar-refractivity contribution is -0.151. The highest BCUT2D eigenvalue weighted by Crippen LogP contribution is 2.48. The summed E-state index contributed by atoms with van der Waals surface area (Å²) in [4.78, 5) is 24.5. The molecule has 2 bridgehead atoms. The van der Waals surface area contributed by atoms with Crippen molar-refractivity contribution >= 4 is 28.9 Å². The molecule has 0 saturated heterocycles. The smallest absolute Gasteiger partial charge is 0.309 e. The van der Waals surface area contributed by atoms with E-state index < -0.39 is 0 Å². The number of aromatic nitrogens is 2. The van der Waals surface area contributed by atoms with Gasteiger partial charge >= 0.3 is 5.97 Å². The first-order chi connectivity index (χ1) is 12.6. The molecule has 1 aromatic carbocycles. The van der Waals surface area contributed by atoms with Gasteiger partial charge in [-0.1, -0.05) is 35.5 Å². The molecule has 0 spiro atoms. The van der Waals surface area contributed by atoms with Gasteiger partial charge in [0.25, 0.3) is 5.91 Å². The van der Waals surface area contributed by atoms with Gasteiger partial charge in [-0.25, -0.2) is 0 Å². The van der Waals surface area contributed by atoms with Crippen molar-refractivity contribution in [3.05, 3.63) is 39.8 Å². The number of nitrogens with one attached hydrogen (secondary N) is 1. The average molecular weight is 371 g/mol. The van der Waals surface area contributed by atoms with Gasteiger partial charge in [0.2, 0.25) is 5.01 Å². The zero-order chi connectivity index (χ0) is 18.1. The number of esters is 1. The van der Waals surface area contributed by atoms with Gasteiger partial charge in [-0.15, -0.1) is 10.2 Å². The van der Waals surface area contributed by atoms with E-state index in [2.05, 4.69) is 15.5 Å². The summed E-state index contributed by atoms with van der Waals surface area (Å²) in [5.74, 6) is 0.815. The number of hydrogen-bond acceptors (Lipinski definition) is 6. The Morgan fingerprint density at radius 2 is 2.00 bits per heavy atom. The fourth-order valence-electron chi connectivity index (χ4n) is 4.00. The first kappa shape index (κ1) is 17.1. The van der Waals surface area contributed by atoms with Gasteiger partial charge in [0.15, 0.2) is 5.01 Å². The monoisotopic (exact) mass is 371 g/mol. The molecule has 3 atom stereocenters. The molecule has 1 heterocycles. The van der Waals surface area contributed by atoms with Crippen LogP contribution in [-0.4, -0.2) is 22.1 Å². The minimum absolute atomic E-state index is 0.0472. The lowest BCUT2D eigenvalue weighted by atomic mass is 9.89. The Morgan fingerprint density at radius 3 is 2.69 bits per heavy atom. The molecule has 0 unspecified atom stereocenters. The lowest BCUT2D eigenvalue weighted by Gasteiger charge is -2.19. The third-order valence-corrected chi connectivity index (χ3v) is 6.24. The van der Waals surface area contributed by atoms with Crippen molar-refractivity contribution in [2.24, 2.45) is 17.8 Å². The van der Waals surface area contributed by atoms with E-state index in [9.17, 15) is 9.59 Å². The molecule has 4 rings (SSSR count). The number of fused-ring (bicyclic) bond motifs is 2. The molecular formula is C19H21N3O3S. The molecule has 2 fully saturated rings. The van der Waals surface area contributed by atoms with E-state index in [4.69, 9.17) is 4.74 Å². The number of benzene rings is 1. The van der Waals surface area contributed by atoms with Gasteiger partial charge in [-0.2, -0.15) is 0 Å². The van der Waals surface area contributed by atoms with Crippen LogP contribution in [0.1, 0.15) is 46.1 Å². The minimum atomic E-state index is -0.308. The lowest BCUT2D eigenvalue weighted by Crippen LogP contribution is -2.23. The van der Waals surface area contributed by atoms with Gasteiger partial charge < -0.3 is 10.1 Å². The summed E-state index contributed by atoms with van der Waals surface area (Å²) in [7, 11) is 0. The zero-order valence-electron chi connectivity index (χ0n) is 14.6. The Morgan fingerprint density at radius 1 is 1.19 bits per heavy atom. The molecule has 6 nitrogen and oxygen atoms in total. The molecular weight excluding hydrogens is 350 g/mol. The number of ether oxygens (including phenoxy) is 1. The van der Waals surface area contributed by atoms with Crippen molar-refractivity contribution in [3.8, 4) is 0 Å². The first-order valence-electron chi connectivity index (χ1n) is 8.95. The van der Waals surface area contributed by atoms with Gasteiger partial charge in [0.1, 0.15) is 6.61 Å². The van der Waals surface area contributed by atoms with Crippen LogP contribution in [0, 0.1) is 24.7 Å². The Balaban J connectivity index is 1.30. The molecule has 0 radical (unpaired) electrons. The van der Waals surface area contributed by atoms with Crippen LogP contribution in [0.15, 0.2) is 24.3 Å². The summed E-state index contributed by atoms with van der Waals surface area (Å²) < 4.78 is 5.43. The second kappa shape index (κ2) is 7.15. The third kappa shape index (κ3) is 3.62. The van der Waals surface area contributed by atoms with Crippen LogP contribution < -0.4 is 5.32 Å². The summed E-state index contributed by atoms with van der Waals surface area (Å²) in [5, 5.41) is 11.5. The zero-order valence-corrected chi connectivity index (χ0v) is 15.4. The number of amides is 1. The van der Waals surface area contributed by atoms with E-state index >= 15 is 0 Å². The quantitative estimate of drug-likeness (QED) is 0.813. The van der Waals surface area contributed by atoms with Gasteiger partial charge in [0.05, 0.1) is 5.92 Å². The van der Waals surface area contributed by atoms with Crippen LogP contribution in [0.3, 0.4) is 0 Å². The van der Waals surface area contributed by atoms with Crippen LogP contribution in [0.4, 0.5) is 5.69 Å². The molecule has 0 aliphatic heterocycles. The first-order valence-corrected chi connectivity index (χ1v) is 9.77. The molecule has 1 N–H and O–H groups in total. The molecule has 26 heavy (non-hydrogen) atoms. The predicted octanol–water partition coefficient (Wildman–Crippen LogP) is 3.58. The second-order valence-electron chi connectivity index (χ2n) is 7.21. The number of rotatable bonds is 5. The Labute approximate surface area is 156 Å². The Kier molecular flexibility index (Phi) is 4.72. The van der Waals surface area contributed by atoms with Crippen molar-refractivity contribution in [1.82, 2.24) is 10.2 Å². The van der Waals surface area contributed by atoms with Crippen molar-refractivity contribution in [2.45, 2.75) is 39.2 Å². The summed E-state index contributed by atoms with van der Waals surface area (Å²) in [6.45, 7) is 2.07. The van der Waals surface area contributed by atoms with Crippen molar-refractivity contribution < 1.29 is 14.3 Å². The number of aryl methyl sites for hydroxylation is 1. The van der Waals surface area contributed by atoms with Gasteiger partial charge in [-0.3, -0.25) is 9.59 Å². The van der Waals surface area contributed by atoms with Gasteiger partial charge in [-0.05, 0) is 50.2 Å². The van der Waals surface area contributed by atoms with Crippen LogP contribution in [0.5, 0.6) is 0 Å². The summed E-state index contributed by atoms with van der Waals surface area (Å²) in [6.07, 6.45) is 4.53. The van der Waals surface area contributed by atoms with Crippen LogP contribution >= 0.6 is 11.3 Å². The fraction of sp³-hybridized carbons (Fsp3) is 0.474. The maximum atomic E-state index is 12.3. The van der Waals surface area contributed by atoms with Crippen molar-refractivity contribution in [1.29, 1.82) is 0 Å². The number of anilines is 1. The molecule has 1 aromatic heterocycles. The van der Waals surface area contributed by atoms with E-state index in [0.29, 0.717) is 22.5 Å². The largest absolute Gasteiger partial charge is 0.458 e. The van der Waals surface area contributed by atoms with Crippen LogP contribution in [0.25, 0.3) is 0 Å². The highest BCUT2D eigenvalue weighted by Gasteiger charge is 2.43.